The summed E-state index contributed by atoms with van der Waals surface area (Å²) < 4.78 is 42.0. The molecule has 94 valence electrons. The number of ether oxygens (including phenoxy) is 1. The topological polar surface area (TPSA) is 29.5 Å². The van der Waals surface area contributed by atoms with Crippen molar-refractivity contribution < 1.29 is 22.7 Å². The van der Waals surface area contributed by atoms with Gasteiger partial charge in [-0.2, -0.15) is 13.2 Å². The number of rotatable bonds is 0. The summed E-state index contributed by atoms with van der Waals surface area (Å²) in [6, 6.07) is 7.10. The van der Waals surface area contributed by atoms with Crippen LogP contribution in [0.5, 0.6) is 0 Å². The maximum Gasteiger partial charge on any atom is 0.421 e. The molecule has 0 unspecified atom stereocenters. The van der Waals surface area contributed by atoms with Crippen LogP contribution in [0.1, 0.15) is 11.1 Å². The van der Waals surface area contributed by atoms with Crippen molar-refractivity contribution >= 4 is 6.09 Å². The van der Waals surface area contributed by atoms with Gasteiger partial charge in [-0.05, 0) is 24.1 Å². The Morgan fingerprint density at radius 1 is 1.33 bits per heavy atom. The fourth-order valence-electron chi connectivity index (χ4n) is 1.40. The number of hydrogen-bond donors (Lipinski definition) is 0. The average molecular weight is 255 g/mol. The fraction of sp³-hybridized carbons (Fsp3) is 0.250. The standard InChI is InChI=1S/C12H8F3NO2/c13-12(14,15)10-3-1-2-9(8-10)4-5-16-6-7-18-11(16)17/h1-3,8H,6-7H2. The van der Waals surface area contributed by atoms with Crippen LogP contribution in [0.25, 0.3) is 0 Å². The molecule has 1 amide bonds. The Labute approximate surface area is 101 Å². The van der Waals surface area contributed by atoms with Crippen LogP contribution in [0.2, 0.25) is 0 Å². The van der Waals surface area contributed by atoms with Gasteiger partial charge in [-0.3, -0.25) is 0 Å². The Morgan fingerprint density at radius 3 is 2.72 bits per heavy atom. The number of carbonyl (C=O) groups is 1. The van der Waals surface area contributed by atoms with Crippen molar-refractivity contribution in [3.8, 4) is 12.0 Å². The van der Waals surface area contributed by atoms with E-state index in [0.29, 0.717) is 6.54 Å². The van der Waals surface area contributed by atoms with Crippen molar-refractivity contribution in [1.29, 1.82) is 0 Å². The van der Waals surface area contributed by atoms with Gasteiger partial charge in [0.25, 0.3) is 0 Å². The van der Waals surface area contributed by atoms with Crippen LogP contribution in [0.3, 0.4) is 0 Å². The number of carbonyl (C=O) groups excluding carboxylic acids is 1. The molecule has 1 aromatic rings. The summed E-state index contributed by atoms with van der Waals surface area (Å²) in [6.45, 7) is 0.570. The van der Waals surface area contributed by atoms with Crippen LogP contribution < -0.4 is 0 Å². The van der Waals surface area contributed by atoms with Crippen LogP contribution in [0, 0.1) is 12.0 Å². The van der Waals surface area contributed by atoms with E-state index < -0.39 is 17.8 Å². The first-order valence-electron chi connectivity index (χ1n) is 5.10. The molecule has 18 heavy (non-hydrogen) atoms. The quantitative estimate of drug-likeness (QED) is 0.666. The van der Waals surface area contributed by atoms with E-state index in [0.717, 1.165) is 17.0 Å². The van der Waals surface area contributed by atoms with Crippen molar-refractivity contribution in [1.82, 2.24) is 4.90 Å². The molecule has 0 atom stereocenters. The van der Waals surface area contributed by atoms with Crippen molar-refractivity contribution in [2.45, 2.75) is 6.18 Å². The van der Waals surface area contributed by atoms with Crippen molar-refractivity contribution in [3.05, 3.63) is 35.4 Å². The van der Waals surface area contributed by atoms with E-state index in [1.807, 2.05) is 0 Å². The van der Waals surface area contributed by atoms with Crippen LogP contribution in [0.15, 0.2) is 24.3 Å². The van der Waals surface area contributed by atoms with Crippen molar-refractivity contribution in [3.63, 3.8) is 0 Å². The van der Waals surface area contributed by atoms with Gasteiger partial charge in [-0.1, -0.05) is 6.07 Å². The Balaban J connectivity index is 2.20. The lowest BCUT2D eigenvalue weighted by Crippen LogP contribution is -2.17. The minimum absolute atomic E-state index is 0.199. The van der Waals surface area contributed by atoms with Gasteiger partial charge in [0, 0.05) is 11.6 Å². The summed E-state index contributed by atoms with van der Waals surface area (Å²) >= 11 is 0. The monoisotopic (exact) mass is 255 g/mol. The molecule has 1 saturated heterocycles. The first-order chi connectivity index (χ1) is 8.47. The molecular formula is C12H8F3NO2. The largest absolute Gasteiger partial charge is 0.447 e. The third-order valence-electron chi connectivity index (χ3n) is 2.29. The van der Waals surface area contributed by atoms with Gasteiger partial charge in [0.2, 0.25) is 0 Å². The van der Waals surface area contributed by atoms with Gasteiger partial charge in [0.15, 0.2) is 0 Å². The zero-order chi connectivity index (χ0) is 13.2. The number of benzene rings is 1. The zero-order valence-electron chi connectivity index (χ0n) is 9.12. The third kappa shape index (κ3) is 2.74. The Kier molecular flexibility index (Phi) is 3.15. The molecule has 1 fully saturated rings. The molecule has 0 radical (unpaired) electrons. The van der Waals surface area contributed by atoms with Crippen LogP contribution >= 0.6 is 0 Å². The Morgan fingerprint density at radius 2 is 2.11 bits per heavy atom. The number of halogens is 3. The summed E-state index contributed by atoms with van der Waals surface area (Å²) in [7, 11) is 0. The number of nitrogens with zero attached hydrogens (tertiary/aromatic N) is 1. The minimum Gasteiger partial charge on any atom is -0.447 e. The lowest BCUT2D eigenvalue weighted by molar-refractivity contribution is -0.137. The number of hydrogen-bond acceptors (Lipinski definition) is 2. The molecule has 1 aliphatic rings. The van der Waals surface area contributed by atoms with E-state index in [1.165, 1.54) is 12.1 Å². The van der Waals surface area contributed by atoms with Crippen LogP contribution in [-0.4, -0.2) is 24.1 Å². The molecule has 1 aromatic carbocycles. The fourth-order valence-corrected chi connectivity index (χ4v) is 1.40. The van der Waals surface area contributed by atoms with E-state index in [-0.39, 0.29) is 12.2 Å². The molecule has 0 saturated carbocycles. The molecule has 6 heteroatoms. The van der Waals surface area contributed by atoms with Gasteiger partial charge < -0.3 is 4.74 Å². The molecule has 3 nitrogen and oxygen atoms in total. The predicted octanol–water partition coefficient (Wildman–Crippen LogP) is 2.47. The van der Waals surface area contributed by atoms with Gasteiger partial charge in [-0.25, -0.2) is 9.69 Å². The maximum absolute atomic E-state index is 12.4. The number of amides is 1. The van der Waals surface area contributed by atoms with E-state index in [4.69, 9.17) is 0 Å². The van der Waals surface area contributed by atoms with E-state index in [2.05, 4.69) is 16.7 Å². The normalized spacial score (nSPS) is 15.1. The first-order valence-corrected chi connectivity index (χ1v) is 5.10. The smallest absolute Gasteiger partial charge is 0.421 e. The summed E-state index contributed by atoms with van der Waals surface area (Å²) in [4.78, 5) is 12.2. The van der Waals surface area contributed by atoms with Crippen molar-refractivity contribution in [2.24, 2.45) is 0 Å². The SMILES string of the molecule is O=C1OCCN1C#Cc1cccc(C(F)(F)F)c1. The number of alkyl halides is 3. The summed E-state index contributed by atoms with van der Waals surface area (Å²) in [5.74, 6) is 2.50. The predicted molar refractivity (Wildman–Crippen MR) is 56.4 cm³/mol. The molecule has 0 aromatic heterocycles. The van der Waals surface area contributed by atoms with Gasteiger partial charge in [-0.15, -0.1) is 0 Å². The second-order valence-electron chi connectivity index (χ2n) is 3.58. The minimum atomic E-state index is -4.40. The van der Waals surface area contributed by atoms with E-state index >= 15 is 0 Å². The highest BCUT2D eigenvalue weighted by Crippen LogP contribution is 2.29. The zero-order valence-corrected chi connectivity index (χ0v) is 9.12. The molecule has 0 spiro atoms. The lowest BCUT2D eigenvalue weighted by atomic mass is 10.1. The van der Waals surface area contributed by atoms with E-state index in [1.54, 1.807) is 0 Å². The third-order valence-corrected chi connectivity index (χ3v) is 2.29. The van der Waals surface area contributed by atoms with Gasteiger partial charge >= 0.3 is 12.3 Å². The van der Waals surface area contributed by atoms with Crippen LogP contribution in [0.4, 0.5) is 18.0 Å². The maximum atomic E-state index is 12.4. The highest BCUT2D eigenvalue weighted by Gasteiger charge is 2.30. The lowest BCUT2D eigenvalue weighted by Gasteiger charge is -2.06. The van der Waals surface area contributed by atoms with Gasteiger partial charge in [0.1, 0.15) is 6.61 Å². The summed E-state index contributed by atoms with van der Waals surface area (Å²) in [6.07, 6.45) is -4.97. The molecule has 2 rings (SSSR count). The molecule has 0 aliphatic carbocycles. The number of cyclic esters (lactones) is 1. The highest BCUT2D eigenvalue weighted by molar-refractivity contribution is 5.71. The Bertz CT molecular complexity index is 528. The molecule has 0 bridgehead atoms. The van der Waals surface area contributed by atoms with Crippen molar-refractivity contribution in [2.75, 3.05) is 13.2 Å². The van der Waals surface area contributed by atoms with Crippen LogP contribution in [-0.2, 0) is 10.9 Å². The second kappa shape index (κ2) is 4.61. The summed E-state index contributed by atoms with van der Waals surface area (Å²) in [5.41, 5.74) is -0.567. The first kappa shape index (κ1) is 12.3. The average Bonchev–Trinajstić information content (AvgIpc) is 2.72. The molecule has 1 aliphatic heterocycles. The Hall–Kier alpha value is -2.16. The molecular weight excluding hydrogens is 247 g/mol. The molecule has 1 heterocycles. The molecule has 0 N–H and O–H groups in total. The van der Waals surface area contributed by atoms with E-state index in [9.17, 15) is 18.0 Å². The second-order valence-corrected chi connectivity index (χ2v) is 3.58. The summed E-state index contributed by atoms with van der Waals surface area (Å²) in [5, 5.41) is 0. The van der Waals surface area contributed by atoms with Gasteiger partial charge in [0.05, 0.1) is 12.1 Å². The highest BCUT2D eigenvalue weighted by atomic mass is 19.4.